The van der Waals surface area contributed by atoms with Crippen LogP contribution in [0.1, 0.15) is 162 Å². The lowest BCUT2D eigenvalue weighted by atomic mass is 9.72. The van der Waals surface area contributed by atoms with Gasteiger partial charge in [-0.2, -0.15) is 4.63 Å². The van der Waals surface area contributed by atoms with Crippen LogP contribution >= 0.6 is 11.6 Å². The van der Waals surface area contributed by atoms with Crippen molar-refractivity contribution in [1.82, 2.24) is 49.7 Å². The molecule has 4 aromatic carbocycles. The standard InChI is InChI=1S/C37H55ClN6O6S2.C23H25N5O2/c1-10-11-12-13-14-15-20-50-30-19-17-28(43-52(47,48)31-21-27(16-18-29(31)49-9)37(7,8)24-36(4,5)6)22-32(30)51(45,46)39-23-25(2)34-40-35-33(38)26(3)41-44(35)42-34;1-14-9-11-18(12-10-14)30-20-17(4)26-28-22(20)25-21(27-28)16(3)13-24-23(29)19-8-6-5-7-15(19)2/h16-19,21-22,25,39,41,43H,10-15,20,23-24H2,1-9H3;5-12,16,26H,13H2,1-4H3,(H,24,29). The molecule has 22 heteroatoms. The minimum atomic E-state index is -4.23. The van der Waals surface area contributed by atoms with E-state index in [0.29, 0.717) is 52.4 Å². The number of H-pyrrole nitrogens is 2. The molecule has 0 saturated heterocycles. The van der Waals surface area contributed by atoms with Gasteiger partial charge in [0, 0.05) is 30.5 Å². The second-order valence-corrected chi connectivity index (χ2v) is 26.8. The van der Waals surface area contributed by atoms with Gasteiger partial charge in [0.1, 0.15) is 32.1 Å². The van der Waals surface area contributed by atoms with E-state index in [1.807, 2.05) is 82.3 Å². The normalized spacial score (nSPS) is 13.0. The Morgan fingerprint density at radius 3 is 1.99 bits per heavy atom. The Balaban J connectivity index is 0.000000271. The summed E-state index contributed by atoms with van der Waals surface area (Å²) in [7, 11) is -7.03. The van der Waals surface area contributed by atoms with Crippen molar-refractivity contribution in [3.63, 3.8) is 0 Å². The Labute approximate surface area is 487 Å². The van der Waals surface area contributed by atoms with Gasteiger partial charge in [-0.1, -0.05) is 141 Å². The third kappa shape index (κ3) is 15.8. The fourth-order valence-corrected chi connectivity index (χ4v) is 12.4. The third-order valence-electron chi connectivity index (χ3n) is 14.0. The zero-order chi connectivity index (χ0) is 59.7. The number of nitrogens with one attached hydrogen (secondary N) is 5. The average molecular weight is 1180 g/mol. The number of amides is 1. The number of benzene rings is 4. The maximum atomic E-state index is 14.0. The molecule has 2 atom stereocenters. The number of fused-ring (bicyclic) bond motifs is 2. The molecule has 442 valence electrons. The summed E-state index contributed by atoms with van der Waals surface area (Å²) >= 11 is 6.32. The van der Waals surface area contributed by atoms with Crippen LogP contribution in [0, 0.1) is 33.1 Å². The second-order valence-electron chi connectivity index (χ2n) is 23.0. The van der Waals surface area contributed by atoms with E-state index in [1.54, 1.807) is 30.6 Å². The Kier molecular flexibility index (Phi) is 20.3. The molecule has 0 bridgehead atoms. The van der Waals surface area contributed by atoms with Crippen LogP contribution in [0.15, 0.2) is 94.7 Å². The minimum absolute atomic E-state index is 0.00390. The first kappa shape index (κ1) is 62.7. The number of aryl methyl sites for hydroxylation is 4. The highest BCUT2D eigenvalue weighted by molar-refractivity contribution is 7.93. The van der Waals surface area contributed by atoms with E-state index in [0.717, 1.165) is 66.8 Å². The highest BCUT2D eigenvalue weighted by Gasteiger charge is 2.31. The van der Waals surface area contributed by atoms with Crippen LogP contribution in [0.5, 0.6) is 23.0 Å². The van der Waals surface area contributed by atoms with Crippen molar-refractivity contribution in [3.8, 4) is 23.0 Å². The van der Waals surface area contributed by atoms with Crippen LogP contribution in [0.3, 0.4) is 0 Å². The first-order valence-corrected chi connectivity index (χ1v) is 31.2. The minimum Gasteiger partial charge on any atom is -0.495 e. The molecule has 0 aliphatic carbocycles. The smallest absolute Gasteiger partial charge is 0.265 e. The topological polar surface area (TPSA) is 241 Å². The van der Waals surface area contributed by atoms with Crippen molar-refractivity contribution in [3.05, 3.63) is 135 Å². The Bertz CT molecular complexity index is 3710. The zero-order valence-electron chi connectivity index (χ0n) is 49.5. The lowest BCUT2D eigenvalue weighted by molar-refractivity contribution is 0.0950. The molecule has 82 heavy (non-hydrogen) atoms. The maximum Gasteiger partial charge on any atom is 0.265 e. The quantitative estimate of drug-likeness (QED) is 0.0336. The monoisotopic (exact) mass is 1180 g/mol. The van der Waals surface area contributed by atoms with E-state index in [9.17, 15) is 21.6 Å². The number of methoxy groups -OCH3 is 1. The van der Waals surface area contributed by atoms with Gasteiger partial charge in [0.05, 0.1) is 30.8 Å². The van der Waals surface area contributed by atoms with Crippen molar-refractivity contribution in [1.29, 1.82) is 0 Å². The van der Waals surface area contributed by atoms with Crippen molar-refractivity contribution in [2.45, 2.75) is 155 Å². The molecule has 0 aliphatic rings. The summed E-state index contributed by atoms with van der Waals surface area (Å²) in [6.07, 6.45) is 7.06. The molecular weight excluding hydrogens is 1100 g/mol. The van der Waals surface area contributed by atoms with Crippen LogP contribution in [0.2, 0.25) is 5.02 Å². The SMILES string of the molecule is CCCCCCCCOc1ccc(NS(=O)(=O)c2cc(C(C)(C)CC(C)(C)C)ccc2OC)cc1S(=O)(=O)NCC(C)c1nc2c(Cl)c(C)[nH]n2n1.Cc1ccc(Oc2c(C)[nH]n3nc(C(C)CNC(=O)c4ccccc4C)nc23)cc1. The number of aromatic amines is 2. The predicted octanol–water partition coefficient (Wildman–Crippen LogP) is 12.7. The number of hydrogen-bond acceptors (Lipinski definition) is 12. The van der Waals surface area contributed by atoms with E-state index < -0.39 is 26.0 Å². The second kappa shape index (κ2) is 26.5. The number of halogens is 1. The number of anilines is 1. The number of nitrogens with zero attached hydrogens (tertiary/aromatic N) is 6. The van der Waals surface area contributed by atoms with Crippen LogP contribution in [-0.4, -0.2) is 89.2 Å². The largest absolute Gasteiger partial charge is 0.495 e. The molecule has 8 rings (SSSR count). The number of sulfonamides is 2. The molecule has 0 fully saturated rings. The lowest BCUT2D eigenvalue weighted by Crippen LogP contribution is -2.29. The van der Waals surface area contributed by atoms with Crippen molar-refractivity contribution < 1.29 is 35.8 Å². The summed E-state index contributed by atoms with van der Waals surface area (Å²) in [4.78, 5) is 21.4. The fourth-order valence-electron chi connectivity index (χ4n) is 9.69. The zero-order valence-corrected chi connectivity index (χ0v) is 51.8. The van der Waals surface area contributed by atoms with Crippen LogP contribution < -0.4 is 29.0 Å². The molecule has 5 N–H and O–H groups in total. The van der Waals surface area contributed by atoms with Gasteiger partial charge in [-0.15, -0.1) is 14.8 Å². The summed E-state index contributed by atoms with van der Waals surface area (Å²) in [6.45, 7) is 24.9. The average Bonchev–Trinajstić information content (AvgIpc) is 4.35. The summed E-state index contributed by atoms with van der Waals surface area (Å²) in [6, 6.07) is 24.8. The van der Waals surface area contributed by atoms with Gasteiger partial charge in [0.15, 0.2) is 23.0 Å². The van der Waals surface area contributed by atoms with E-state index in [-0.39, 0.29) is 56.2 Å². The first-order valence-electron chi connectivity index (χ1n) is 27.8. The van der Waals surface area contributed by atoms with Crippen LogP contribution in [-0.2, 0) is 25.5 Å². The summed E-state index contributed by atoms with van der Waals surface area (Å²) < 4.78 is 81.6. The van der Waals surface area contributed by atoms with Gasteiger partial charge >= 0.3 is 0 Å². The molecule has 0 radical (unpaired) electrons. The van der Waals surface area contributed by atoms with Crippen LogP contribution in [0.4, 0.5) is 5.69 Å². The number of hydrogen-bond donors (Lipinski definition) is 5. The van der Waals surface area contributed by atoms with Crippen molar-refractivity contribution in [2.24, 2.45) is 5.41 Å². The van der Waals surface area contributed by atoms with Crippen molar-refractivity contribution >= 4 is 54.5 Å². The highest BCUT2D eigenvalue weighted by Crippen LogP contribution is 2.40. The van der Waals surface area contributed by atoms with Gasteiger partial charge < -0.3 is 19.5 Å². The van der Waals surface area contributed by atoms with Gasteiger partial charge in [-0.25, -0.2) is 31.5 Å². The van der Waals surface area contributed by atoms with E-state index in [4.69, 9.17) is 25.8 Å². The number of rotatable bonds is 25. The lowest BCUT2D eigenvalue weighted by Gasteiger charge is -2.33. The molecule has 4 heterocycles. The molecule has 4 aromatic heterocycles. The van der Waals surface area contributed by atoms with E-state index in [1.165, 1.54) is 41.9 Å². The molecule has 0 aliphatic heterocycles. The molecule has 2 unspecified atom stereocenters. The van der Waals surface area contributed by atoms with Gasteiger partial charge in [0.25, 0.3) is 15.9 Å². The molecule has 1 amide bonds. The Morgan fingerprint density at radius 2 is 1.33 bits per heavy atom. The molecule has 0 saturated carbocycles. The summed E-state index contributed by atoms with van der Waals surface area (Å²) in [5.41, 5.74) is 6.00. The molecule has 8 aromatic rings. The maximum absolute atomic E-state index is 14.0. The fraction of sp³-hybridized carbons (Fsp3) is 0.450. The van der Waals surface area contributed by atoms with Crippen LogP contribution in [0.25, 0.3) is 11.3 Å². The van der Waals surface area contributed by atoms with Gasteiger partial charge in [-0.3, -0.25) is 19.7 Å². The number of aromatic nitrogens is 8. The number of carbonyl (C=O) groups is 1. The van der Waals surface area contributed by atoms with Crippen molar-refractivity contribution in [2.75, 3.05) is 31.5 Å². The third-order valence-corrected chi connectivity index (χ3v) is 17.3. The molecule has 0 spiro atoms. The summed E-state index contributed by atoms with van der Waals surface area (Å²) in [5.74, 6) is 2.15. The molecule has 19 nitrogen and oxygen atoms in total. The van der Waals surface area contributed by atoms with Gasteiger partial charge in [-0.05, 0) is 111 Å². The number of unbranched alkanes of at least 4 members (excludes halogenated alkanes) is 5. The van der Waals surface area contributed by atoms with E-state index >= 15 is 0 Å². The number of carbonyl (C=O) groups excluding carboxylic acids is 1. The first-order chi connectivity index (χ1) is 38.7. The van der Waals surface area contributed by atoms with E-state index in [2.05, 4.69) is 86.7 Å². The predicted molar refractivity (Wildman–Crippen MR) is 322 cm³/mol. The molecular formula is C60H80ClN11O8S2. The number of ether oxygens (including phenoxy) is 3. The highest BCUT2D eigenvalue weighted by atomic mass is 35.5. The Hall–Kier alpha value is -6.94. The Morgan fingerprint density at radius 1 is 0.720 bits per heavy atom. The van der Waals surface area contributed by atoms with Gasteiger partial charge in [0.2, 0.25) is 15.7 Å². The summed E-state index contributed by atoms with van der Waals surface area (Å²) in [5, 5.41) is 18.5.